The lowest BCUT2D eigenvalue weighted by Crippen LogP contribution is -2.37. The van der Waals surface area contributed by atoms with Crippen molar-refractivity contribution in [2.45, 2.75) is 52.1 Å². The van der Waals surface area contributed by atoms with Crippen LogP contribution < -0.4 is 15.4 Å². The van der Waals surface area contributed by atoms with Gasteiger partial charge in [-0.25, -0.2) is 8.42 Å². The zero-order valence-corrected chi connectivity index (χ0v) is 19.4. The van der Waals surface area contributed by atoms with Crippen LogP contribution in [0.15, 0.2) is 48.5 Å². The van der Waals surface area contributed by atoms with Gasteiger partial charge in [-0.1, -0.05) is 64.1 Å². The van der Waals surface area contributed by atoms with Crippen LogP contribution in [-0.4, -0.2) is 19.8 Å². The molecule has 0 aliphatic carbocycles. The second-order valence-corrected chi connectivity index (χ2v) is 10.4. The van der Waals surface area contributed by atoms with Gasteiger partial charge in [0, 0.05) is 12.2 Å². The van der Waals surface area contributed by atoms with Crippen LogP contribution in [0.1, 0.15) is 56.8 Å². The Morgan fingerprint density at radius 3 is 2.10 bits per heavy atom. The largest absolute Gasteiger partial charge is 0.359 e. The van der Waals surface area contributed by atoms with E-state index in [1.807, 2.05) is 12.1 Å². The third-order valence-electron chi connectivity index (χ3n) is 4.60. The van der Waals surface area contributed by atoms with E-state index >= 15 is 0 Å². The van der Waals surface area contributed by atoms with Gasteiger partial charge in [-0.3, -0.25) is 4.72 Å². The maximum absolute atomic E-state index is 11.3. The van der Waals surface area contributed by atoms with Crippen LogP contribution in [0, 0.1) is 0 Å². The first-order valence-electron chi connectivity index (χ1n) is 9.69. The van der Waals surface area contributed by atoms with E-state index in [2.05, 4.69) is 67.3 Å². The predicted octanol–water partition coefficient (Wildman–Crippen LogP) is 4.47. The monoisotopic (exact) mass is 433 g/mol. The maximum Gasteiger partial charge on any atom is 0.229 e. The van der Waals surface area contributed by atoms with Gasteiger partial charge >= 0.3 is 0 Å². The Balaban J connectivity index is 1.91. The minimum atomic E-state index is -3.27. The molecule has 5 nitrogen and oxygen atoms in total. The summed E-state index contributed by atoms with van der Waals surface area (Å²) in [6, 6.07) is 16.0. The van der Waals surface area contributed by atoms with Crippen molar-refractivity contribution in [1.82, 2.24) is 10.6 Å². The van der Waals surface area contributed by atoms with Crippen molar-refractivity contribution in [3.63, 3.8) is 0 Å². The summed E-state index contributed by atoms with van der Waals surface area (Å²) in [5, 5.41) is 7.19. The fourth-order valence-corrected chi connectivity index (χ4v) is 3.71. The van der Waals surface area contributed by atoms with Gasteiger partial charge in [-0.15, -0.1) is 0 Å². The van der Waals surface area contributed by atoms with Crippen molar-refractivity contribution in [3.8, 4) is 0 Å². The second kappa shape index (κ2) is 9.59. The van der Waals surface area contributed by atoms with Gasteiger partial charge in [-0.2, -0.15) is 0 Å². The van der Waals surface area contributed by atoms with Gasteiger partial charge in [-0.05, 0) is 52.9 Å². The predicted molar refractivity (Wildman–Crippen MR) is 126 cm³/mol. The van der Waals surface area contributed by atoms with E-state index in [1.165, 1.54) is 11.1 Å². The van der Waals surface area contributed by atoms with E-state index in [9.17, 15) is 8.42 Å². The van der Waals surface area contributed by atoms with E-state index in [4.69, 9.17) is 12.2 Å². The zero-order chi connectivity index (χ0) is 21.7. The summed E-state index contributed by atoms with van der Waals surface area (Å²) in [5.74, 6) is 0. The van der Waals surface area contributed by atoms with Crippen molar-refractivity contribution in [3.05, 3.63) is 65.2 Å². The lowest BCUT2D eigenvalue weighted by atomic mass is 9.86. The summed E-state index contributed by atoms with van der Waals surface area (Å²) in [6.07, 6.45) is 2.05. The normalized spacial score (nSPS) is 12.9. The Hall–Kier alpha value is -2.12. The molecule has 0 bridgehead atoms. The average molecular weight is 434 g/mol. The minimum Gasteiger partial charge on any atom is -0.359 e. The van der Waals surface area contributed by atoms with E-state index in [1.54, 1.807) is 12.1 Å². The quantitative estimate of drug-likeness (QED) is 0.562. The molecule has 0 unspecified atom stereocenters. The number of benzene rings is 2. The first kappa shape index (κ1) is 23.2. The lowest BCUT2D eigenvalue weighted by Gasteiger charge is -2.23. The highest BCUT2D eigenvalue weighted by Crippen LogP contribution is 2.25. The Morgan fingerprint density at radius 1 is 1.03 bits per heavy atom. The highest BCUT2D eigenvalue weighted by atomic mass is 32.2. The smallest absolute Gasteiger partial charge is 0.229 e. The molecule has 1 atom stereocenters. The molecular weight excluding hydrogens is 402 g/mol. The fraction of sp³-hybridized carbons (Fsp3) is 0.409. The first-order valence-corrected chi connectivity index (χ1v) is 12.0. The Morgan fingerprint density at radius 2 is 1.62 bits per heavy atom. The number of hydrogen-bond acceptors (Lipinski definition) is 3. The highest BCUT2D eigenvalue weighted by molar-refractivity contribution is 7.92. The van der Waals surface area contributed by atoms with Gasteiger partial charge < -0.3 is 10.6 Å². The highest BCUT2D eigenvalue weighted by Gasteiger charge is 2.15. The third-order valence-corrected chi connectivity index (χ3v) is 5.47. The molecule has 3 N–H and O–H groups in total. The SMILES string of the molecule is CC[C@@H](NC(=S)NCc1ccc(NS(C)(=O)=O)cc1)c1ccc(C(C)(C)C)cc1. The van der Waals surface area contributed by atoms with Crippen molar-refractivity contribution < 1.29 is 8.42 Å². The number of rotatable bonds is 7. The fourth-order valence-electron chi connectivity index (χ4n) is 2.93. The molecule has 0 radical (unpaired) electrons. The molecule has 29 heavy (non-hydrogen) atoms. The molecule has 0 heterocycles. The summed E-state index contributed by atoms with van der Waals surface area (Å²) in [5.41, 5.74) is 4.21. The molecule has 0 saturated heterocycles. The number of nitrogens with one attached hydrogen (secondary N) is 3. The van der Waals surface area contributed by atoms with Gasteiger partial charge in [0.15, 0.2) is 5.11 Å². The zero-order valence-electron chi connectivity index (χ0n) is 17.7. The molecule has 7 heteroatoms. The summed E-state index contributed by atoms with van der Waals surface area (Å²) in [4.78, 5) is 0. The van der Waals surface area contributed by atoms with Gasteiger partial charge in [0.05, 0.1) is 12.3 Å². The minimum absolute atomic E-state index is 0.136. The molecule has 0 fully saturated rings. The van der Waals surface area contributed by atoms with Crippen molar-refractivity contribution in [1.29, 1.82) is 0 Å². The summed E-state index contributed by atoms with van der Waals surface area (Å²) < 4.78 is 25.0. The summed E-state index contributed by atoms with van der Waals surface area (Å²) >= 11 is 5.46. The van der Waals surface area contributed by atoms with Crippen LogP contribution in [0.4, 0.5) is 5.69 Å². The standard InChI is InChI=1S/C22H31N3O2S2/c1-6-20(17-9-11-18(12-10-17)22(2,3)4)24-21(28)23-15-16-7-13-19(14-8-16)25-29(5,26)27/h7-14,20,25H,6,15H2,1-5H3,(H2,23,24,28)/t20-/m1/s1. The molecule has 2 rings (SSSR count). The van der Waals surface area contributed by atoms with Crippen molar-refractivity contribution in [2.24, 2.45) is 0 Å². The molecule has 2 aromatic carbocycles. The van der Waals surface area contributed by atoms with E-state index in [-0.39, 0.29) is 11.5 Å². The molecular formula is C22H31N3O2S2. The number of sulfonamides is 1. The van der Waals surface area contributed by atoms with Crippen LogP contribution in [0.5, 0.6) is 0 Å². The van der Waals surface area contributed by atoms with Gasteiger partial charge in [0.2, 0.25) is 10.0 Å². The van der Waals surface area contributed by atoms with Crippen LogP contribution in [-0.2, 0) is 22.0 Å². The lowest BCUT2D eigenvalue weighted by molar-refractivity contribution is 0.586. The number of hydrogen-bond donors (Lipinski definition) is 3. The van der Waals surface area contributed by atoms with Crippen molar-refractivity contribution in [2.75, 3.05) is 11.0 Å². The topological polar surface area (TPSA) is 70.2 Å². The average Bonchev–Trinajstić information content (AvgIpc) is 2.64. The maximum atomic E-state index is 11.3. The first-order chi connectivity index (χ1) is 13.5. The summed E-state index contributed by atoms with van der Waals surface area (Å²) in [6.45, 7) is 9.32. The molecule has 158 valence electrons. The summed E-state index contributed by atoms with van der Waals surface area (Å²) in [7, 11) is -3.27. The second-order valence-electron chi connectivity index (χ2n) is 8.23. The molecule has 0 amide bonds. The Kier molecular flexibility index (Phi) is 7.66. The number of thiocarbonyl (C=S) groups is 1. The van der Waals surface area contributed by atoms with Crippen molar-refractivity contribution >= 4 is 33.0 Å². The molecule has 0 aliphatic rings. The third kappa shape index (κ3) is 7.66. The van der Waals surface area contributed by atoms with Crippen LogP contribution in [0.2, 0.25) is 0 Å². The van der Waals surface area contributed by atoms with E-state index < -0.39 is 10.0 Å². The Bertz CT molecular complexity index is 916. The molecule has 2 aromatic rings. The van der Waals surface area contributed by atoms with Gasteiger partial charge in [0.25, 0.3) is 0 Å². The van der Waals surface area contributed by atoms with E-state index in [0.29, 0.717) is 17.3 Å². The van der Waals surface area contributed by atoms with E-state index in [0.717, 1.165) is 18.2 Å². The Labute approximate surface area is 180 Å². The van der Waals surface area contributed by atoms with Crippen LogP contribution in [0.3, 0.4) is 0 Å². The number of anilines is 1. The molecule has 0 spiro atoms. The van der Waals surface area contributed by atoms with Gasteiger partial charge in [0.1, 0.15) is 0 Å². The van der Waals surface area contributed by atoms with Crippen LogP contribution >= 0.6 is 12.2 Å². The molecule has 0 saturated carbocycles. The van der Waals surface area contributed by atoms with Crippen LogP contribution in [0.25, 0.3) is 0 Å². The molecule has 0 aliphatic heterocycles. The molecule has 0 aromatic heterocycles.